The molecule has 0 aliphatic carbocycles. The lowest BCUT2D eigenvalue weighted by molar-refractivity contribution is 0.226. The molecule has 0 amide bonds. The highest BCUT2D eigenvalue weighted by Gasteiger charge is 2.21. The van der Waals surface area contributed by atoms with E-state index in [1.807, 2.05) is 0 Å². The van der Waals surface area contributed by atoms with Crippen LogP contribution < -0.4 is 10.2 Å². The summed E-state index contributed by atoms with van der Waals surface area (Å²) >= 11 is 0. The molecule has 1 N–H and O–H groups in total. The van der Waals surface area contributed by atoms with Crippen molar-refractivity contribution in [3.63, 3.8) is 0 Å². The van der Waals surface area contributed by atoms with Gasteiger partial charge in [0.05, 0.1) is 6.54 Å². The zero-order chi connectivity index (χ0) is 14.4. The number of hydrogen-bond acceptors (Lipinski definition) is 7. The van der Waals surface area contributed by atoms with Crippen LogP contribution in [0.15, 0.2) is 4.42 Å². The number of likely N-dealkylation sites (N-methyl/N-ethyl adjacent to an activating group) is 1. The average Bonchev–Trinajstić information content (AvgIpc) is 2.92. The molecule has 0 saturated carbocycles. The standard InChI is InChI=1S/C13H26N6O/c1-4-14-11-12-15-16-13(20-12)19-9-7-18(8-10-19)6-5-17(2)3/h14H,4-11H2,1-3H3. The van der Waals surface area contributed by atoms with Crippen molar-refractivity contribution in [1.29, 1.82) is 0 Å². The number of hydrogen-bond donors (Lipinski definition) is 1. The largest absolute Gasteiger partial charge is 0.407 e. The molecule has 0 radical (unpaired) electrons. The van der Waals surface area contributed by atoms with Gasteiger partial charge in [0.1, 0.15) is 0 Å². The molecule has 0 spiro atoms. The highest BCUT2D eigenvalue weighted by molar-refractivity contribution is 5.25. The van der Waals surface area contributed by atoms with Gasteiger partial charge in [0.25, 0.3) is 0 Å². The van der Waals surface area contributed by atoms with Crippen LogP contribution in [0.4, 0.5) is 6.01 Å². The Kier molecular flexibility index (Phi) is 5.75. The fourth-order valence-electron chi connectivity index (χ4n) is 2.18. The summed E-state index contributed by atoms with van der Waals surface area (Å²) in [5.74, 6) is 0.664. The minimum atomic E-state index is 0.645. The predicted octanol–water partition coefficient (Wildman–Crippen LogP) is -0.137. The van der Waals surface area contributed by atoms with Gasteiger partial charge in [-0.05, 0) is 20.6 Å². The highest BCUT2D eigenvalue weighted by Crippen LogP contribution is 2.14. The van der Waals surface area contributed by atoms with Crippen molar-refractivity contribution in [2.24, 2.45) is 0 Å². The third kappa shape index (κ3) is 4.43. The van der Waals surface area contributed by atoms with Gasteiger partial charge in [-0.1, -0.05) is 12.0 Å². The van der Waals surface area contributed by atoms with Gasteiger partial charge in [-0.15, -0.1) is 5.10 Å². The summed E-state index contributed by atoms with van der Waals surface area (Å²) in [4.78, 5) is 6.87. The van der Waals surface area contributed by atoms with E-state index in [0.29, 0.717) is 18.5 Å². The second-order valence-corrected chi connectivity index (χ2v) is 5.39. The van der Waals surface area contributed by atoms with E-state index in [1.165, 1.54) is 0 Å². The van der Waals surface area contributed by atoms with Crippen molar-refractivity contribution in [3.8, 4) is 0 Å². The topological polar surface area (TPSA) is 60.7 Å². The van der Waals surface area contributed by atoms with E-state index in [9.17, 15) is 0 Å². The molecule has 1 fully saturated rings. The molecular weight excluding hydrogens is 256 g/mol. The van der Waals surface area contributed by atoms with Gasteiger partial charge in [0, 0.05) is 39.3 Å². The molecule has 1 aromatic heterocycles. The molecule has 7 heteroatoms. The first-order valence-corrected chi connectivity index (χ1v) is 7.34. The minimum Gasteiger partial charge on any atom is -0.407 e. The van der Waals surface area contributed by atoms with Crippen LogP contribution in [0.1, 0.15) is 12.8 Å². The van der Waals surface area contributed by atoms with Crippen LogP contribution in [0.3, 0.4) is 0 Å². The summed E-state index contributed by atoms with van der Waals surface area (Å²) < 4.78 is 5.67. The number of anilines is 1. The van der Waals surface area contributed by atoms with Crippen molar-refractivity contribution < 1.29 is 4.42 Å². The van der Waals surface area contributed by atoms with Gasteiger partial charge >= 0.3 is 6.01 Å². The molecule has 0 aromatic carbocycles. The van der Waals surface area contributed by atoms with Crippen molar-refractivity contribution in [2.45, 2.75) is 13.5 Å². The Morgan fingerprint density at radius 2 is 1.95 bits per heavy atom. The van der Waals surface area contributed by atoms with E-state index >= 15 is 0 Å². The number of aromatic nitrogens is 2. The number of nitrogens with zero attached hydrogens (tertiary/aromatic N) is 5. The fourth-order valence-corrected chi connectivity index (χ4v) is 2.18. The molecule has 114 valence electrons. The lowest BCUT2D eigenvalue weighted by Gasteiger charge is -2.34. The summed E-state index contributed by atoms with van der Waals surface area (Å²) in [6, 6.07) is 0.658. The molecule has 0 atom stereocenters. The Morgan fingerprint density at radius 1 is 1.20 bits per heavy atom. The van der Waals surface area contributed by atoms with Crippen LogP contribution in [0, 0.1) is 0 Å². The molecule has 1 saturated heterocycles. The van der Waals surface area contributed by atoms with E-state index in [-0.39, 0.29) is 0 Å². The van der Waals surface area contributed by atoms with E-state index in [2.05, 4.69) is 51.2 Å². The Hall–Kier alpha value is -1.18. The number of nitrogens with one attached hydrogen (secondary N) is 1. The van der Waals surface area contributed by atoms with Crippen molar-refractivity contribution in [1.82, 2.24) is 25.3 Å². The van der Waals surface area contributed by atoms with Crippen molar-refractivity contribution in [2.75, 3.05) is 64.8 Å². The monoisotopic (exact) mass is 282 g/mol. The van der Waals surface area contributed by atoms with Crippen molar-refractivity contribution >= 4 is 6.01 Å². The maximum absolute atomic E-state index is 5.67. The minimum absolute atomic E-state index is 0.645. The summed E-state index contributed by atoms with van der Waals surface area (Å²) in [5, 5.41) is 11.4. The van der Waals surface area contributed by atoms with Gasteiger partial charge in [-0.3, -0.25) is 4.90 Å². The molecule has 2 heterocycles. The highest BCUT2D eigenvalue weighted by atomic mass is 16.4. The predicted molar refractivity (Wildman–Crippen MR) is 78.9 cm³/mol. The van der Waals surface area contributed by atoms with Crippen LogP contribution in [0.5, 0.6) is 0 Å². The maximum Gasteiger partial charge on any atom is 0.318 e. The Morgan fingerprint density at radius 3 is 2.60 bits per heavy atom. The fraction of sp³-hybridized carbons (Fsp3) is 0.846. The molecule has 0 bridgehead atoms. The molecule has 2 rings (SSSR count). The molecule has 20 heavy (non-hydrogen) atoms. The molecule has 1 aliphatic heterocycles. The molecule has 0 unspecified atom stereocenters. The van der Waals surface area contributed by atoms with Crippen LogP contribution in [0.25, 0.3) is 0 Å². The van der Waals surface area contributed by atoms with Crippen molar-refractivity contribution in [3.05, 3.63) is 5.89 Å². The van der Waals surface area contributed by atoms with Crippen LogP contribution in [0.2, 0.25) is 0 Å². The van der Waals surface area contributed by atoms with E-state index in [1.54, 1.807) is 0 Å². The van der Waals surface area contributed by atoms with Crippen LogP contribution in [-0.2, 0) is 6.54 Å². The lowest BCUT2D eigenvalue weighted by atomic mass is 10.3. The first-order valence-electron chi connectivity index (χ1n) is 7.34. The van der Waals surface area contributed by atoms with E-state index < -0.39 is 0 Å². The Bertz CT molecular complexity index is 386. The van der Waals surface area contributed by atoms with E-state index in [4.69, 9.17) is 4.42 Å². The quantitative estimate of drug-likeness (QED) is 0.747. The van der Waals surface area contributed by atoms with Gasteiger partial charge in [-0.2, -0.15) is 0 Å². The summed E-state index contributed by atoms with van der Waals surface area (Å²) in [6.07, 6.45) is 0. The average molecular weight is 282 g/mol. The van der Waals surface area contributed by atoms with Gasteiger partial charge in [-0.25, -0.2) is 0 Å². The second kappa shape index (κ2) is 7.56. The molecule has 1 aromatic rings. The first-order chi connectivity index (χ1) is 9.69. The smallest absolute Gasteiger partial charge is 0.318 e. The zero-order valence-electron chi connectivity index (χ0n) is 12.8. The SMILES string of the molecule is CCNCc1nnc(N2CCN(CCN(C)C)CC2)o1. The normalized spacial score (nSPS) is 17.1. The third-order valence-electron chi connectivity index (χ3n) is 3.49. The molecule has 7 nitrogen and oxygen atoms in total. The number of piperazine rings is 1. The molecular formula is C13H26N6O. The second-order valence-electron chi connectivity index (χ2n) is 5.39. The maximum atomic E-state index is 5.67. The Balaban J connectivity index is 1.77. The van der Waals surface area contributed by atoms with Gasteiger partial charge in [0.15, 0.2) is 0 Å². The van der Waals surface area contributed by atoms with Crippen LogP contribution >= 0.6 is 0 Å². The summed E-state index contributed by atoms with van der Waals surface area (Å²) in [7, 11) is 4.22. The Labute approximate surface area is 120 Å². The van der Waals surface area contributed by atoms with E-state index in [0.717, 1.165) is 45.8 Å². The van der Waals surface area contributed by atoms with Crippen LogP contribution in [-0.4, -0.2) is 79.9 Å². The lowest BCUT2D eigenvalue weighted by Crippen LogP contribution is -2.48. The van der Waals surface area contributed by atoms with Gasteiger partial charge < -0.3 is 19.5 Å². The number of rotatable bonds is 7. The van der Waals surface area contributed by atoms with Gasteiger partial charge in [0.2, 0.25) is 5.89 Å². The summed E-state index contributed by atoms with van der Waals surface area (Å²) in [5.41, 5.74) is 0. The third-order valence-corrected chi connectivity index (χ3v) is 3.49. The summed E-state index contributed by atoms with van der Waals surface area (Å²) in [6.45, 7) is 9.85. The molecule has 1 aliphatic rings. The first kappa shape index (κ1) is 15.2. The zero-order valence-corrected chi connectivity index (χ0v) is 12.8.